The van der Waals surface area contributed by atoms with Crippen LogP contribution in [0.25, 0.3) is 0 Å². The Balaban J connectivity index is -0.000000126. The van der Waals surface area contributed by atoms with Gasteiger partial charge in [0, 0.05) is 21.7 Å². The summed E-state index contributed by atoms with van der Waals surface area (Å²) < 4.78 is 59.5. The smallest absolute Gasteiger partial charge is 0.264 e. The van der Waals surface area contributed by atoms with Gasteiger partial charge in [0.2, 0.25) is 0 Å². The van der Waals surface area contributed by atoms with Crippen LogP contribution in [0, 0.1) is 0 Å². The largest absolute Gasteiger partial charge is 0.423 e. The van der Waals surface area contributed by atoms with Gasteiger partial charge in [-0.1, -0.05) is 4.33 Å². The van der Waals surface area contributed by atoms with E-state index in [0.717, 1.165) is 0 Å². The van der Waals surface area contributed by atoms with Crippen molar-refractivity contribution in [3.8, 4) is 0 Å². The fourth-order valence-corrected chi connectivity index (χ4v) is 0. The van der Waals surface area contributed by atoms with Crippen LogP contribution in [-0.4, -0.2) is 35.8 Å². The predicted octanol–water partition coefficient (Wildman–Crippen LogP) is -1.38. The SMILES string of the molecule is O=S(=O)(O)O.O=S(=O)(O)OO.[Ti]. The maximum absolute atomic E-state index is 9.08. The zero-order chi connectivity index (χ0) is 9.71. The van der Waals surface area contributed by atoms with Crippen molar-refractivity contribution in [2.75, 3.05) is 0 Å². The second-order valence-corrected chi connectivity index (χ2v) is 2.85. The van der Waals surface area contributed by atoms with E-state index >= 15 is 0 Å². The molecule has 0 aromatic heterocycles. The average molecular weight is 260 g/mol. The Labute approximate surface area is 82.7 Å². The molecule has 12 heteroatoms. The molecule has 0 unspecified atom stereocenters. The molecule has 0 bridgehead atoms. The third kappa shape index (κ3) is 79.2. The van der Waals surface area contributed by atoms with Crippen molar-refractivity contribution in [2.45, 2.75) is 0 Å². The molecule has 0 radical (unpaired) electrons. The van der Waals surface area contributed by atoms with E-state index in [1.807, 2.05) is 0 Å². The Morgan fingerprint density at radius 1 is 0.917 bits per heavy atom. The van der Waals surface area contributed by atoms with Crippen molar-refractivity contribution in [2.24, 2.45) is 0 Å². The van der Waals surface area contributed by atoms with Crippen LogP contribution < -0.4 is 0 Å². The number of hydrogen-bond acceptors (Lipinski definition) is 6. The fourth-order valence-electron chi connectivity index (χ4n) is 0. The summed E-state index contributed by atoms with van der Waals surface area (Å²) in [6, 6.07) is 0. The van der Waals surface area contributed by atoms with Gasteiger partial charge in [-0.15, -0.1) is 0 Å². The molecule has 0 atom stereocenters. The van der Waals surface area contributed by atoms with E-state index in [9.17, 15) is 0 Å². The van der Waals surface area contributed by atoms with Gasteiger partial charge >= 0.3 is 20.8 Å². The van der Waals surface area contributed by atoms with Crippen LogP contribution in [-0.2, 0) is 46.8 Å². The molecule has 0 aromatic rings. The number of hydrogen-bond donors (Lipinski definition) is 4. The molecule has 0 amide bonds. The molecular weight excluding hydrogens is 256 g/mol. The van der Waals surface area contributed by atoms with Crippen LogP contribution in [0.15, 0.2) is 0 Å². The monoisotopic (exact) mass is 260 g/mol. The molecule has 0 aromatic carbocycles. The second kappa shape index (κ2) is 6.88. The van der Waals surface area contributed by atoms with Gasteiger partial charge in [0.1, 0.15) is 0 Å². The second-order valence-electron chi connectivity index (χ2n) is 0.950. The van der Waals surface area contributed by atoms with Crippen LogP contribution in [0.2, 0.25) is 0 Å². The predicted molar refractivity (Wildman–Crippen MR) is 29.4 cm³/mol. The summed E-state index contributed by atoms with van der Waals surface area (Å²) >= 11 is 0. The van der Waals surface area contributed by atoms with Crippen LogP contribution >= 0.6 is 0 Å². The Kier molecular flexibility index (Phi) is 10.5. The van der Waals surface area contributed by atoms with Gasteiger partial charge in [0.05, 0.1) is 0 Å². The summed E-state index contributed by atoms with van der Waals surface area (Å²) in [5, 5.41) is 7.06. The Hall–Kier alpha value is 0.414. The van der Waals surface area contributed by atoms with Gasteiger partial charge in [-0.3, -0.25) is 13.7 Å². The first-order valence-electron chi connectivity index (χ1n) is 1.56. The summed E-state index contributed by atoms with van der Waals surface area (Å²) in [6.45, 7) is 0. The summed E-state index contributed by atoms with van der Waals surface area (Å²) in [7, 11) is -9.27. The van der Waals surface area contributed by atoms with Crippen molar-refractivity contribution >= 4 is 20.8 Å². The van der Waals surface area contributed by atoms with Crippen molar-refractivity contribution in [1.82, 2.24) is 0 Å². The molecule has 0 aliphatic heterocycles. The van der Waals surface area contributed by atoms with Crippen LogP contribution in [0.3, 0.4) is 0 Å². The first kappa shape index (κ1) is 18.2. The van der Waals surface area contributed by atoms with Gasteiger partial charge in [-0.25, -0.2) is 5.26 Å². The molecule has 0 saturated heterocycles. The van der Waals surface area contributed by atoms with Crippen LogP contribution in [0.4, 0.5) is 0 Å². The van der Waals surface area contributed by atoms with Crippen LogP contribution in [0.5, 0.6) is 0 Å². The van der Waals surface area contributed by atoms with Crippen molar-refractivity contribution in [1.29, 1.82) is 0 Å². The van der Waals surface area contributed by atoms with Gasteiger partial charge in [-0.05, 0) is 0 Å². The minimum absolute atomic E-state index is 0. The summed E-state index contributed by atoms with van der Waals surface area (Å²) in [6.07, 6.45) is 0. The molecule has 0 heterocycles. The van der Waals surface area contributed by atoms with E-state index in [2.05, 4.69) is 4.33 Å². The van der Waals surface area contributed by atoms with E-state index in [4.69, 9.17) is 35.8 Å². The fraction of sp³-hybridized carbons (Fsp3) is 0. The average Bonchev–Trinajstić information content (AvgIpc) is 1.59. The standard InChI is InChI=1S/H2O5S.H2O4S.Ti/c1-5-6(2,3)4;1-5(2,3)4;/h1H,(H,2,3,4);(H2,1,2,3,4);. The Morgan fingerprint density at radius 3 is 1.00 bits per heavy atom. The van der Waals surface area contributed by atoms with Gasteiger partial charge in [0.15, 0.2) is 0 Å². The first-order chi connectivity index (χ1) is 4.56. The van der Waals surface area contributed by atoms with E-state index in [-0.39, 0.29) is 21.7 Å². The molecule has 12 heavy (non-hydrogen) atoms. The quantitative estimate of drug-likeness (QED) is 0.193. The van der Waals surface area contributed by atoms with E-state index in [1.165, 1.54) is 0 Å². The van der Waals surface area contributed by atoms with Crippen molar-refractivity contribution in [3.05, 3.63) is 0 Å². The maximum Gasteiger partial charge on any atom is 0.423 e. The molecule has 0 aliphatic carbocycles. The molecule has 0 aliphatic rings. The summed E-state index contributed by atoms with van der Waals surface area (Å²) in [5.41, 5.74) is 0. The number of rotatable bonds is 1. The topological polar surface area (TPSA) is 158 Å². The van der Waals surface area contributed by atoms with E-state index in [1.54, 1.807) is 0 Å². The zero-order valence-corrected chi connectivity index (χ0v) is 8.34. The molecule has 0 saturated carbocycles. The third-order valence-electron chi connectivity index (χ3n) is 0.0942. The third-order valence-corrected chi connectivity index (χ3v) is 0.283. The van der Waals surface area contributed by atoms with E-state index in [0.29, 0.717) is 0 Å². The molecular formula is H4O9S2Ti. The molecule has 74 valence electrons. The molecule has 0 spiro atoms. The molecule has 0 rings (SSSR count). The minimum Gasteiger partial charge on any atom is -0.264 e. The van der Waals surface area contributed by atoms with Crippen molar-refractivity contribution < 1.29 is 61.8 Å². The molecule has 9 nitrogen and oxygen atoms in total. The maximum atomic E-state index is 9.08. The molecule has 4 N–H and O–H groups in total. The first-order valence-corrected chi connectivity index (χ1v) is 4.33. The van der Waals surface area contributed by atoms with Gasteiger partial charge in [0.25, 0.3) is 0 Å². The van der Waals surface area contributed by atoms with Gasteiger partial charge in [-0.2, -0.15) is 16.8 Å². The summed E-state index contributed by atoms with van der Waals surface area (Å²) in [5.74, 6) is 0. The summed E-state index contributed by atoms with van der Waals surface area (Å²) in [4.78, 5) is 0. The van der Waals surface area contributed by atoms with Crippen molar-refractivity contribution in [3.63, 3.8) is 0 Å². The molecule has 0 fully saturated rings. The Bertz CT molecular complexity index is 260. The minimum atomic E-state index is -4.67. The normalized spacial score (nSPS) is 10.7. The zero-order valence-electron chi connectivity index (χ0n) is 5.15. The van der Waals surface area contributed by atoms with Crippen LogP contribution in [0.1, 0.15) is 0 Å². The van der Waals surface area contributed by atoms with E-state index < -0.39 is 20.8 Å². The Morgan fingerprint density at radius 2 is 1.00 bits per heavy atom. The van der Waals surface area contributed by atoms with Gasteiger partial charge < -0.3 is 0 Å².